The maximum absolute atomic E-state index is 5.34. The van der Waals surface area contributed by atoms with Crippen molar-refractivity contribution in [2.24, 2.45) is 4.99 Å². The lowest BCUT2D eigenvalue weighted by molar-refractivity contribution is 0.371. The first kappa shape index (κ1) is 20.7. The number of hydrogen-bond acceptors (Lipinski definition) is 5. The van der Waals surface area contributed by atoms with Gasteiger partial charge in [0.25, 0.3) is 0 Å². The minimum atomic E-state index is 0. The summed E-state index contributed by atoms with van der Waals surface area (Å²) in [5.74, 6) is 3.93. The van der Waals surface area contributed by atoms with Crippen molar-refractivity contribution in [3.8, 4) is 5.75 Å². The highest BCUT2D eigenvalue weighted by Crippen LogP contribution is 2.22. The number of anilines is 1. The van der Waals surface area contributed by atoms with Gasteiger partial charge >= 0.3 is 0 Å². The molecule has 2 aromatic rings. The lowest BCUT2D eigenvalue weighted by atomic mass is 10.2. The second-order valence-electron chi connectivity index (χ2n) is 6.86. The van der Waals surface area contributed by atoms with E-state index in [1.807, 2.05) is 19.2 Å². The zero-order valence-electron chi connectivity index (χ0n) is 16.5. The van der Waals surface area contributed by atoms with E-state index < -0.39 is 0 Å². The molecule has 3 heterocycles. The van der Waals surface area contributed by atoms with E-state index in [2.05, 4.69) is 47.0 Å². The van der Waals surface area contributed by atoms with Gasteiger partial charge in [0.2, 0.25) is 0 Å². The SMILES string of the molecule is CN=C(NCc1nnc2n1CCC2)N1CCN(c2cccc(OC)c2)CC1.I. The second-order valence-corrected chi connectivity index (χ2v) is 6.86. The molecule has 2 aliphatic rings. The molecule has 0 amide bonds. The fourth-order valence-electron chi connectivity index (χ4n) is 3.82. The Morgan fingerprint density at radius 2 is 2.00 bits per heavy atom. The van der Waals surface area contributed by atoms with Crippen molar-refractivity contribution in [1.29, 1.82) is 0 Å². The van der Waals surface area contributed by atoms with Crippen LogP contribution in [0.25, 0.3) is 0 Å². The molecular weight excluding hydrogens is 469 g/mol. The average molecular weight is 497 g/mol. The molecule has 0 radical (unpaired) electrons. The summed E-state index contributed by atoms with van der Waals surface area (Å²) in [6, 6.07) is 8.25. The quantitative estimate of drug-likeness (QED) is 0.395. The van der Waals surface area contributed by atoms with E-state index in [9.17, 15) is 0 Å². The third-order valence-corrected chi connectivity index (χ3v) is 5.30. The molecule has 0 spiro atoms. The van der Waals surface area contributed by atoms with Gasteiger partial charge in [-0.2, -0.15) is 0 Å². The second kappa shape index (κ2) is 9.44. The fourth-order valence-corrected chi connectivity index (χ4v) is 3.82. The van der Waals surface area contributed by atoms with Crippen LogP contribution in [0.1, 0.15) is 18.1 Å². The Labute approximate surface area is 183 Å². The number of rotatable bonds is 4. The van der Waals surface area contributed by atoms with Crippen LogP contribution in [0.4, 0.5) is 5.69 Å². The first-order valence-electron chi connectivity index (χ1n) is 9.54. The predicted octanol–water partition coefficient (Wildman–Crippen LogP) is 1.75. The number of methoxy groups -OCH3 is 1. The average Bonchev–Trinajstić information content (AvgIpc) is 3.33. The third kappa shape index (κ3) is 4.34. The van der Waals surface area contributed by atoms with Crippen molar-refractivity contribution in [1.82, 2.24) is 25.0 Å². The van der Waals surface area contributed by atoms with Gasteiger partial charge in [0.05, 0.1) is 13.7 Å². The van der Waals surface area contributed by atoms with E-state index in [4.69, 9.17) is 4.74 Å². The molecule has 1 fully saturated rings. The van der Waals surface area contributed by atoms with E-state index in [0.29, 0.717) is 6.54 Å². The number of benzene rings is 1. The zero-order chi connectivity index (χ0) is 18.6. The van der Waals surface area contributed by atoms with Crippen LogP contribution < -0.4 is 15.0 Å². The van der Waals surface area contributed by atoms with Crippen LogP contribution in [-0.2, 0) is 19.5 Å². The topological polar surface area (TPSA) is 70.8 Å². The zero-order valence-corrected chi connectivity index (χ0v) is 18.8. The largest absolute Gasteiger partial charge is 0.497 e. The molecular formula is C19H28IN7O. The minimum absolute atomic E-state index is 0. The number of guanidine groups is 1. The molecule has 1 aromatic carbocycles. The van der Waals surface area contributed by atoms with Gasteiger partial charge in [0, 0.05) is 57.9 Å². The molecule has 0 saturated carbocycles. The predicted molar refractivity (Wildman–Crippen MR) is 121 cm³/mol. The Kier molecular flexibility index (Phi) is 6.97. The molecule has 0 bridgehead atoms. The Morgan fingerprint density at radius 3 is 2.75 bits per heavy atom. The minimum Gasteiger partial charge on any atom is -0.497 e. The summed E-state index contributed by atoms with van der Waals surface area (Å²) >= 11 is 0. The normalized spacial score (nSPS) is 16.6. The number of aryl methyl sites for hydroxylation is 1. The first-order chi connectivity index (χ1) is 13.3. The van der Waals surface area contributed by atoms with Crippen LogP contribution >= 0.6 is 24.0 Å². The van der Waals surface area contributed by atoms with E-state index in [0.717, 1.165) is 62.5 Å². The summed E-state index contributed by atoms with van der Waals surface area (Å²) in [5.41, 5.74) is 1.20. The fraction of sp³-hybridized carbons (Fsp3) is 0.526. The van der Waals surface area contributed by atoms with Gasteiger partial charge in [-0.1, -0.05) is 6.07 Å². The molecule has 1 N–H and O–H groups in total. The van der Waals surface area contributed by atoms with Crippen LogP contribution in [0.15, 0.2) is 29.3 Å². The van der Waals surface area contributed by atoms with Gasteiger partial charge in [-0.25, -0.2) is 0 Å². The molecule has 9 heteroatoms. The van der Waals surface area contributed by atoms with Crippen LogP contribution in [0.3, 0.4) is 0 Å². The highest BCUT2D eigenvalue weighted by atomic mass is 127. The lowest BCUT2D eigenvalue weighted by Gasteiger charge is -2.37. The number of halogens is 1. The summed E-state index contributed by atoms with van der Waals surface area (Å²) < 4.78 is 7.57. The Bertz CT molecular complexity index is 814. The van der Waals surface area contributed by atoms with Gasteiger partial charge < -0.3 is 24.4 Å². The van der Waals surface area contributed by atoms with E-state index >= 15 is 0 Å². The lowest BCUT2D eigenvalue weighted by Crippen LogP contribution is -2.52. The maximum atomic E-state index is 5.34. The summed E-state index contributed by atoms with van der Waals surface area (Å²) in [6.45, 7) is 5.44. The van der Waals surface area contributed by atoms with E-state index in [-0.39, 0.29) is 24.0 Å². The molecule has 28 heavy (non-hydrogen) atoms. The molecule has 2 aliphatic heterocycles. The molecule has 0 aliphatic carbocycles. The molecule has 0 atom stereocenters. The van der Waals surface area contributed by atoms with Gasteiger partial charge in [-0.15, -0.1) is 34.2 Å². The number of nitrogens with zero attached hydrogens (tertiary/aromatic N) is 6. The van der Waals surface area contributed by atoms with Crippen molar-refractivity contribution < 1.29 is 4.74 Å². The number of piperazine rings is 1. The summed E-state index contributed by atoms with van der Waals surface area (Å²) in [5, 5.41) is 12.0. The molecule has 1 saturated heterocycles. The van der Waals surface area contributed by atoms with Crippen molar-refractivity contribution in [3.63, 3.8) is 0 Å². The van der Waals surface area contributed by atoms with Crippen molar-refractivity contribution in [3.05, 3.63) is 35.9 Å². The maximum Gasteiger partial charge on any atom is 0.194 e. The molecule has 8 nitrogen and oxygen atoms in total. The summed E-state index contributed by atoms with van der Waals surface area (Å²) in [7, 11) is 3.54. The molecule has 4 rings (SSSR count). The van der Waals surface area contributed by atoms with Crippen LogP contribution in [-0.4, -0.2) is 66.0 Å². The number of nitrogens with one attached hydrogen (secondary N) is 1. The van der Waals surface area contributed by atoms with Gasteiger partial charge in [0.15, 0.2) is 11.8 Å². The first-order valence-corrected chi connectivity index (χ1v) is 9.54. The molecule has 1 aromatic heterocycles. The van der Waals surface area contributed by atoms with Crippen molar-refractivity contribution in [2.45, 2.75) is 25.9 Å². The van der Waals surface area contributed by atoms with E-state index in [1.165, 1.54) is 12.1 Å². The number of aliphatic imine (C=N–C) groups is 1. The van der Waals surface area contributed by atoms with Crippen molar-refractivity contribution >= 4 is 35.6 Å². The number of fused-ring (bicyclic) bond motifs is 1. The van der Waals surface area contributed by atoms with Gasteiger partial charge in [0.1, 0.15) is 11.6 Å². The number of aromatic nitrogens is 3. The van der Waals surface area contributed by atoms with Crippen LogP contribution in [0.5, 0.6) is 5.75 Å². The highest BCUT2D eigenvalue weighted by Gasteiger charge is 2.21. The Balaban J connectivity index is 0.00000225. The molecule has 0 unspecified atom stereocenters. The van der Waals surface area contributed by atoms with Crippen LogP contribution in [0, 0.1) is 0 Å². The third-order valence-electron chi connectivity index (χ3n) is 5.30. The molecule has 152 valence electrons. The van der Waals surface area contributed by atoms with Crippen LogP contribution in [0.2, 0.25) is 0 Å². The monoisotopic (exact) mass is 497 g/mol. The Morgan fingerprint density at radius 1 is 1.18 bits per heavy atom. The summed E-state index contributed by atoms with van der Waals surface area (Å²) in [4.78, 5) is 9.16. The van der Waals surface area contributed by atoms with Crippen molar-refractivity contribution in [2.75, 3.05) is 45.2 Å². The highest BCUT2D eigenvalue weighted by molar-refractivity contribution is 14.0. The van der Waals surface area contributed by atoms with E-state index in [1.54, 1.807) is 7.11 Å². The standard InChI is InChI=1S/C19H27N7O.HI/c1-20-19(21-14-18-23-22-17-7-4-8-26(17)18)25-11-9-24(10-12-25)15-5-3-6-16(13-15)27-2;/h3,5-6,13H,4,7-12,14H2,1-2H3,(H,20,21);1H. The van der Waals surface area contributed by atoms with Gasteiger partial charge in [-0.05, 0) is 18.6 Å². The van der Waals surface area contributed by atoms with Gasteiger partial charge in [-0.3, -0.25) is 4.99 Å². The number of ether oxygens (including phenoxy) is 1. The smallest absolute Gasteiger partial charge is 0.194 e. The Hall–Kier alpha value is -2.04. The number of hydrogen-bond donors (Lipinski definition) is 1. The summed E-state index contributed by atoms with van der Waals surface area (Å²) in [6.07, 6.45) is 2.20.